The number of anilines is 1. The number of rotatable bonds is 4. The van der Waals surface area contributed by atoms with Crippen molar-refractivity contribution in [3.63, 3.8) is 0 Å². The minimum absolute atomic E-state index is 0.224. The van der Waals surface area contributed by atoms with Crippen LogP contribution in [0.3, 0.4) is 0 Å². The van der Waals surface area contributed by atoms with E-state index in [9.17, 15) is 4.79 Å². The SMILES string of the molecule is CCCC(=O)Cc1cnccc1N. The van der Waals surface area contributed by atoms with Gasteiger partial charge in [-0.05, 0) is 12.5 Å². The quantitative estimate of drug-likeness (QED) is 0.761. The zero-order valence-electron chi connectivity index (χ0n) is 7.79. The largest absolute Gasteiger partial charge is 0.398 e. The van der Waals surface area contributed by atoms with E-state index >= 15 is 0 Å². The van der Waals surface area contributed by atoms with Crippen LogP contribution in [0.5, 0.6) is 0 Å². The first kappa shape index (κ1) is 9.71. The highest BCUT2D eigenvalue weighted by molar-refractivity contribution is 5.82. The average molecular weight is 178 g/mol. The lowest BCUT2D eigenvalue weighted by Crippen LogP contribution is -2.04. The summed E-state index contributed by atoms with van der Waals surface area (Å²) in [7, 11) is 0. The fraction of sp³-hybridized carbons (Fsp3) is 0.400. The Hall–Kier alpha value is -1.38. The Morgan fingerprint density at radius 2 is 2.38 bits per heavy atom. The molecule has 3 nitrogen and oxygen atoms in total. The molecule has 70 valence electrons. The van der Waals surface area contributed by atoms with E-state index in [-0.39, 0.29) is 5.78 Å². The Kier molecular flexibility index (Phi) is 3.43. The molecule has 0 radical (unpaired) electrons. The summed E-state index contributed by atoms with van der Waals surface area (Å²) in [6.07, 6.45) is 5.20. The van der Waals surface area contributed by atoms with E-state index in [1.807, 2.05) is 6.92 Å². The van der Waals surface area contributed by atoms with Gasteiger partial charge >= 0.3 is 0 Å². The van der Waals surface area contributed by atoms with E-state index < -0.39 is 0 Å². The van der Waals surface area contributed by atoms with Crippen LogP contribution >= 0.6 is 0 Å². The zero-order valence-corrected chi connectivity index (χ0v) is 7.79. The van der Waals surface area contributed by atoms with Gasteiger partial charge in [-0.25, -0.2) is 0 Å². The average Bonchev–Trinajstić information content (AvgIpc) is 2.09. The van der Waals surface area contributed by atoms with Gasteiger partial charge in [-0.1, -0.05) is 6.92 Å². The number of Topliss-reactive ketones (excluding diaryl/α,β-unsaturated/α-hetero) is 1. The van der Waals surface area contributed by atoms with Crippen molar-refractivity contribution in [1.82, 2.24) is 4.98 Å². The molecule has 0 fully saturated rings. The fourth-order valence-electron chi connectivity index (χ4n) is 1.17. The molecule has 1 aromatic heterocycles. The molecule has 13 heavy (non-hydrogen) atoms. The van der Waals surface area contributed by atoms with Gasteiger partial charge in [-0.15, -0.1) is 0 Å². The third-order valence-corrected chi connectivity index (χ3v) is 1.86. The number of pyridine rings is 1. The number of carbonyl (C=O) groups is 1. The van der Waals surface area contributed by atoms with Crippen molar-refractivity contribution in [2.75, 3.05) is 5.73 Å². The molecule has 0 saturated heterocycles. The van der Waals surface area contributed by atoms with Crippen LogP contribution in [0, 0.1) is 0 Å². The number of carbonyl (C=O) groups excluding carboxylic acids is 1. The first-order chi connectivity index (χ1) is 6.24. The summed E-state index contributed by atoms with van der Waals surface area (Å²) in [6.45, 7) is 1.99. The Morgan fingerprint density at radius 3 is 3.00 bits per heavy atom. The van der Waals surface area contributed by atoms with Crippen LogP contribution in [-0.2, 0) is 11.2 Å². The summed E-state index contributed by atoms with van der Waals surface area (Å²) >= 11 is 0. The first-order valence-corrected chi connectivity index (χ1v) is 4.44. The highest BCUT2D eigenvalue weighted by atomic mass is 16.1. The summed E-state index contributed by atoms with van der Waals surface area (Å²) in [5.74, 6) is 0.224. The molecule has 0 amide bonds. The number of nitrogen functional groups attached to an aromatic ring is 1. The maximum Gasteiger partial charge on any atom is 0.137 e. The lowest BCUT2D eigenvalue weighted by Gasteiger charge is -2.02. The molecular formula is C10H14N2O. The molecule has 0 aliphatic rings. The Bertz CT molecular complexity index is 297. The second-order valence-electron chi connectivity index (χ2n) is 3.04. The molecule has 0 bridgehead atoms. The van der Waals surface area contributed by atoms with E-state index in [0.717, 1.165) is 12.0 Å². The summed E-state index contributed by atoms with van der Waals surface area (Å²) in [5, 5.41) is 0. The van der Waals surface area contributed by atoms with Gasteiger partial charge in [-0.2, -0.15) is 0 Å². The molecule has 1 heterocycles. The maximum atomic E-state index is 11.3. The van der Waals surface area contributed by atoms with Gasteiger partial charge in [0.25, 0.3) is 0 Å². The van der Waals surface area contributed by atoms with Crippen LogP contribution in [0.2, 0.25) is 0 Å². The van der Waals surface area contributed by atoms with E-state index in [0.29, 0.717) is 18.5 Å². The van der Waals surface area contributed by atoms with Gasteiger partial charge in [0, 0.05) is 36.5 Å². The third kappa shape index (κ3) is 2.86. The molecule has 0 aliphatic carbocycles. The maximum absolute atomic E-state index is 11.3. The number of nitrogens with two attached hydrogens (primary N) is 1. The summed E-state index contributed by atoms with van der Waals surface area (Å²) in [4.78, 5) is 15.2. The van der Waals surface area contributed by atoms with Gasteiger partial charge in [0.1, 0.15) is 5.78 Å². The molecule has 3 heteroatoms. The lowest BCUT2D eigenvalue weighted by molar-refractivity contribution is -0.118. The van der Waals surface area contributed by atoms with Crippen molar-refractivity contribution in [3.05, 3.63) is 24.0 Å². The van der Waals surface area contributed by atoms with Gasteiger partial charge in [0.2, 0.25) is 0 Å². The zero-order chi connectivity index (χ0) is 9.68. The smallest absolute Gasteiger partial charge is 0.137 e. The second-order valence-corrected chi connectivity index (χ2v) is 3.04. The highest BCUT2D eigenvalue weighted by Crippen LogP contribution is 2.10. The topological polar surface area (TPSA) is 56.0 Å². The van der Waals surface area contributed by atoms with Gasteiger partial charge in [-0.3, -0.25) is 9.78 Å². The predicted molar refractivity (Wildman–Crippen MR) is 52.3 cm³/mol. The van der Waals surface area contributed by atoms with Crippen LogP contribution < -0.4 is 5.73 Å². The van der Waals surface area contributed by atoms with Gasteiger partial charge in [0.05, 0.1) is 0 Å². The fourth-order valence-corrected chi connectivity index (χ4v) is 1.17. The number of hydrogen-bond acceptors (Lipinski definition) is 3. The first-order valence-electron chi connectivity index (χ1n) is 4.44. The van der Waals surface area contributed by atoms with Gasteiger partial charge < -0.3 is 5.73 Å². The molecule has 0 aliphatic heterocycles. The van der Waals surface area contributed by atoms with Crippen molar-refractivity contribution < 1.29 is 4.79 Å². The second kappa shape index (κ2) is 4.60. The van der Waals surface area contributed by atoms with Crippen molar-refractivity contribution in [2.24, 2.45) is 0 Å². The molecule has 2 N–H and O–H groups in total. The van der Waals surface area contributed by atoms with Crippen LogP contribution in [0.15, 0.2) is 18.5 Å². The van der Waals surface area contributed by atoms with Crippen molar-refractivity contribution in [1.29, 1.82) is 0 Å². The summed E-state index contributed by atoms with van der Waals surface area (Å²) < 4.78 is 0. The van der Waals surface area contributed by atoms with Crippen molar-refractivity contribution in [2.45, 2.75) is 26.2 Å². The van der Waals surface area contributed by atoms with E-state index in [1.165, 1.54) is 0 Å². The molecule has 0 atom stereocenters. The summed E-state index contributed by atoms with van der Waals surface area (Å²) in [6, 6.07) is 1.72. The van der Waals surface area contributed by atoms with Crippen LogP contribution in [-0.4, -0.2) is 10.8 Å². The van der Waals surface area contributed by atoms with E-state index in [2.05, 4.69) is 4.98 Å². The molecular weight excluding hydrogens is 164 g/mol. The van der Waals surface area contributed by atoms with Crippen LogP contribution in [0.25, 0.3) is 0 Å². The van der Waals surface area contributed by atoms with Crippen LogP contribution in [0.4, 0.5) is 5.69 Å². The van der Waals surface area contributed by atoms with Crippen molar-refractivity contribution in [3.8, 4) is 0 Å². The molecule has 0 spiro atoms. The van der Waals surface area contributed by atoms with Crippen LogP contribution in [0.1, 0.15) is 25.3 Å². The number of ketones is 1. The normalized spacial score (nSPS) is 9.92. The standard InChI is InChI=1S/C10H14N2O/c1-2-3-9(13)6-8-7-12-5-4-10(8)11/h4-5,7H,2-3,6H2,1H3,(H2,11,12). The lowest BCUT2D eigenvalue weighted by atomic mass is 10.1. The number of nitrogens with zero attached hydrogens (tertiary/aromatic N) is 1. The highest BCUT2D eigenvalue weighted by Gasteiger charge is 2.04. The summed E-state index contributed by atoms with van der Waals surface area (Å²) in [5.41, 5.74) is 7.16. The van der Waals surface area contributed by atoms with Gasteiger partial charge in [0.15, 0.2) is 0 Å². The number of hydrogen-bond donors (Lipinski definition) is 1. The van der Waals surface area contributed by atoms with Crippen molar-refractivity contribution >= 4 is 11.5 Å². The molecule has 0 aromatic carbocycles. The predicted octanol–water partition coefficient (Wildman–Crippen LogP) is 1.58. The minimum atomic E-state index is 0.224. The molecule has 1 aromatic rings. The monoisotopic (exact) mass is 178 g/mol. The minimum Gasteiger partial charge on any atom is -0.398 e. The Balaban J connectivity index is 2.63. The molecule has 1 rings (SSSR count). The molecule has 0 saturated carbocycles. The molecule has 0 unspecified atom stereocenters. The Labute approximate surface area is 78.0 Å². The van der Waals surface area contributed by atoms with E-state index in [1.54, 1.807) is 18.5 Å². The number of aromatic nitrogens is 1. The Morgan fingerprint density at radius 1 is 1.62 bits per heavy atom. The van der Waals surface area contributed by atoms with E-state index in [4.69, 9.17) is 5.73 Å². The third-order valence-electron chi connectivity index (χ3n) is 1.86.